The van der Waals surface area contributed by atoms with Crippen LogP contribution in [0.15, 0.2) is 77.5 Å². The van der Waals surface area contributed by atoms with Gasteiger partial charge in [0.1, 0.15) is 17.8 Å². The molecule has 0 aliphatic rings. The van der Waals surface area contributed by atoms with Crippen molar-refractivity contribution in [2.24, 2.45) is 0 Å². The molecule has 8 heteroatoms. The number of nitrogens with two attached hydrogens (primary N) is 1. The van der Waals surface area contributed by atoms with E-state index in [0.29, 0.717) is 11.3 Å². The van der Waals surface area contributed by atoms with E-state index in [1.807, 2.05) is 42.5 Å². The zero-order valence-corrected chi connectivity index (χ0v) is 16.7. The van der Waals surface area contributed by atoms with Crippen LogP contribution in [0.5, 0.6) is 11.6 Å². The van der Waals surface area contributed by atoms with Crippen LogP contribution in [0.25, 0.3) is 10.8 Å². The highest BCUT2D eigenvalue weighted by molar-refractivity contribution is 9.10. The third-order valence-corrected chi connectivity index (χ3v) is 4.71. The number of amides is 1. The molecule has 3 aromatic carbocycles. The van der Waals surface area contributed by atoms with E-state index in [-0.39, 0.29) is 23.3 Å². The summed E-state index contributed by atoms with van der Waals surface area (Å²) in [5.74, 6) is 0.698. The van der Waals surface area contributed by atoms with Crippen molar-refractivity contribution in [1.82, 2.24) is 15.4 Å². The zero-order valence-electron chi connectivity index (χ0n) is 15.1. The largest absolute Gasteiger partial charge is 0.437 e. The van der Waals surface area contributed by atoms with Crippen LogP contribution in [0.3, 0.4) is 0 Å². The number of anilines is 2. The minimum atomic E-state index is -0.326. The third-order valence-electron chi connectivity index (χ3n) is 4.18. The lowest BCUT2D eigenvalue weighted by atomic mass is 10.1. The van der Waals surface area contributed by atoms with Crippen LogP contribution < -0.4 is 21.3 Å². The van der Waals surface area contributed by atoms with Gasteiger partial charge in [0, 0.05) is 10.0 Å². The quantitative estimate of drug-likeness (QED) is 0.387. The smallest absolute Gasteiger partial charge is 0.269 e. The van der Waals surface area contributed by atoms with E-state index in [1.165, 1.54) is 6.33 Å². The third kappa shape index (κ3) is 4.27. The van der Waals surface area contributed by atoms with Crippen molar-refractivity contribution in [3.05, 3.63) is 83.1 Å². The van der Waals surface area contributed by atoms with Crippen LogP contribution in [-0.2, 0) is 0 Å². The number of rotatable bonds is 5. The maximum atomic E-state index is 12.2. The lowest BCUT2D eigenvalue weighted by molar-refractivity contribution is 0.0962. The summed E-state index contributed by atoms with van der Waals surface area (Å²) in [6.07, 6.45) is 1.31. The minimum Gasteiger partial charge on any atom is -0.437 e. The van der Waals surface area contributed by atoms with E-state index in [4.69, 9.17) is 10.5 Å². The van der Waals surface area contributed by atoms with Gasteiger partial charge in [-0.05, 0) is 47.2 Å². The van der Waals surface area contributed by atoms with Gasteiger partial charge >= 0.3 is 0 Å². The average Bonchev–Trinajstić information content (AvgIpc) is 2.74. The molecule has 0 fully saturated rings. The molecule has 0 unspecified atom stereocenters. The van der Waals surface area contributed by atoms with Gasteiger partial charge in [-0.3, -0.25) is 15.6 Å². The molecule has 0 aliphatic carbocycles. The van der Waals surface area contributed by atoms with Gasteiger partial charge in [-0.2, -0.15) is 4.98 Å². The Morgan fingerprint density at radius 1 is 0.966 bits per heavy atom. The molecule has 1 amide bonds. The number of hydrogen-bond acceptors (Lipinski definition) is 6. The standard InChI is InChI=1S/C21H16BrN5O2/c22-16-8-5-14(6-9-16)20(28)27-26-19-18(23)21(25-12-24-19)29-17-10-7-13-3-1-2-4-15(13)11-17/h1-12H,23H2,(H,27,28)(H,24,25,26). The Kier molecular flexibility index (Phi) is 5.26. The summed E-state index contributed by atoms with van der Waals surface area (Å²) < 4.78 is 6.72. The molecule has 7 nitrogen and oxygen atoms in total. The van der Waals surface area contributed by atoms with Gasteiger partial charge in [-0.1, -0.05) is 46.3 Å². The first-order valence-electron chi connectivity index (χ1n) is 8.69. The second-order valence-corrected chi connectivity index (χ2v) is 7.05. The highest BCUT2D eigenvalue weighted by Gasteiger charge is 2.12. The van der Waals surface area contributed by atoms with Gasteiger partial charge < -0.3 is 10.5 Å². The summed E-state index contributed by atoms with van der Waals surface area (Å²) in [5, 5.41) is 2.14. The topological polar surface area (TPSA) is 102 Å². The molecular formula is C21H16BrN5O2. The normalized spacial score (nSPS) is 10.5. The second kappa shape index (κ2) is 8.15. The summed E-state index contributed by atoms with van der Waals surface area (Å²) in [6, 6.07) is 20.6. The van der Waals surface area contributed by atoms with E-state index < -0.39 is 0 Å². The van der Waals surface area contributed by atoms with Gasteiger partial charge in [0.05, 0.1) is 0 Å². The summed E-state index contributed by atoms with van der Waals surface area (Å²) in [4.78, 5) is 20.4. The maximum Gasteiger partial charge on any atom is 0.269 e. The molecule has 0 bridgehead atoms. The van der Waals surface area contributed by atoms with Crippen LogP contribution in [0.1, 0.15) is 10.4 Å². The molecule has 0 saturated heterocycles. The fourth-order valence-electron chi connectivity index (χ4n) is 2.69. The first-order valence-corrected chi connectivity index (χ1v) is 9.48. The minimum absolute atomic E-state index is 0.178. The molecule has 29 heavy (non-hydrogen) atoms. The predicted molar refractivity (Wildman–Crippen MR) is 116 cm³/mol. The molecule has 4 rings (SSSR count). The van der Waals surface area contributed by atoms with Crippen LogP contribution in [-0.4, -0.2) is 15.9 Å². The summed E-state index contributed by atoms with van der Waals surface area (Å²) in [6.45, 7) is 0. The molecule has 0 spiro atoms. The number of ether oxygens (including phenoxy) is 1. The molecule has 0 radical (unpaired) electrons. The number of hydrazine groups is 1. The van der Waals surface area contributed by atoms with Crippen molar-refractivity contribution < 1.29 is 9.53 Å². The lowest BCUT2D eigenvalue weighted by Gasteiger charge is -2.13. The number of halogens is 1. The molecule has 0 atom stereocenters. The number of carbonyl (C=O) groups excluding carboxylic acids is 1. The molecule has 1 heterocycles. The Hall–Kier alpha value is -3.65. The number of nitrogens with one attached hydrogen (secondary N) is 2. The lowest BCUT2D eigenvalue weighted by Crippen LogP contribution is -2.30. The molecule has 1 aromatic heterocycles. The second-order valence-electron chi connectivity index (χ2n) is 6.14. The molecule has 4 N–H and O–H groups in total. The monoisotopic (exact) mass is 449 g/mol. The first kappa shape index (κ1) is 18.7. The maximum absolute atomic E-state index is 12.2. The summed E-state index contributed by atoms with van der Waals surface area (Å²) in [5.41, 5.74) is 12.1. The van der Waals surface area contributed by atoms with Crippen molar-refractivity contribution in [3.63, 3.8) is 0 Å². The molecule has 4 aromatic rings. The van der Waals surface area contributed by atoms with Crippen molar-refractivity contribution >= 4 is 44.1 Å². The molecule has 0 saturated carbocycles. The Morgan fingerprint density at radius 3 is 2.52 bits per heavy atom. The summed E-state index contributed by atoms with van der Waals surface area (Å²) >= 11 is 3.33. The van der Waals surface area contributed by atoms with Gasteiger partial charge in [-0.25, -0.2) is 4.98 Å². The fraction of sp³-hybridized carbons (Fsp3) is 0. The average molecular weight is 450 g/mol. The Morgan fingerprint density at radius 2 is 1.72 bits per heavy atom. The Balaban J connectivity index is 1.49. The van der Waals surface area contributed by atoms with Crippen molar-refractivity contribution in [3.8, 4) is 11.6 Å². The van der Waals surface area contributed by atoms with Crippen LogP contribution >= 0.6 is 15.9 Å². The van der Waals surface area contributed by atoms with Crippen molar-refractivity contribution in [2.75, 3.05) is 11.2 Å². The predicted octanol–water partition coefficient (Wildman–Crippen LogP) is 4.52. The molecular weight excluding hydrogens is 434 g/mol. The van der Waals surface area contributed by atoms with Crippen LogP contribution in [0.2, 0.25) is 0 Å². The van der Waals surface area contributed by atoms with E-state index >= 15 is 0 Å². The number of fused-ring (bicyclic) bond motifs is 1. The first-order chi connectivity index (χ1) is 14.1. The molecule has 0 aliphatic heterocycles. The van der Waals surface area contributed by atoms with Gasteiger partial charge in [0.2, 0.25) is 5.88 Å². The van der Waals surface area contributed by atoms with Gasteiger partial charge in [-0.15, -0.1) is 0 Å². The number of aromatic nitrogens is 2. The number of carbonyl (C=O) groups is 1. The van der Waals surface area contributed by atoms with E-state index in [0.717, 1.165) is 15.2 Å². The number of nitrogens with zero attached hydrogens (tertiary/aromatic N) is 2. The number of hydrogen-bond donors (Lipinski definition) is 3. The van der Waals surface area contributed by atoms with E-state index in [2.05, 4.69) is 36.7 Å². The highest BCUT2D eigenvalue weighted by Crippen LogP contribution is 2.30. The van der Waals surface area contributed by atoms with E-state index in [9.17, 15) is 4.79 Å². The van der Waals surface area contributed by atoms with Gasteiger partial charge in [0.15, 0.2) is 5.82 Å². The molecule has 144 valence electrons. The van der Waals surface area contributed by atoms with E-state index in [1.54, 1.807) is 24.3 Å². The Bertz CT molecular complexity index is 1180. The fourth-order valence-corrected chi connectivity index (χ4v) is 2.96. The number of benzene rings is 3. The van der Waals surface area contributed by atoms with Gasteiger partial charge in [0.25, 0.3) is 5.91 Å². The summed E-state index contributed by atoms with van der Waals surface area (Å²) in [7, 11) is 0. The highest BCUT2D eigenvalue weighted by atomic mass is 79.9. The Labute approximate surface area is 175 Å². The zero-order chi connectivity index (χ0) is 20.2. The van der Waals surface area contributed by atoms with Crippen LogP contribution in [0, 0.1) is 0 Å². The number of nitrogen functional groups attached to an aromatic ring is 1. The SMILES string of the molecule is Nc1c(NNC(=O)c2ccc(Br)cc2)ncnc1Oc1ccc2ccccc2c1. The van der Waals surface area contributed by atoms with Crippen molar-refractivity contribution in [1.29, 1.82) is 0 Å². The van der Waals surface area contributed by atoms with Crippen LogP contribution in [0.4, 0.5) is 11.5 Å². The van der Waals surface area contributed by atoms with Crippen molar-refractivity contribution in [2.45, 2.75) is 0 Å².